The van der Waals surface area contributed by atoms with Crippen LogP contribution in [0.5, 0.6) is 5.75 Å². The monoisotopic (exact) mass is 670 g/mol. The number of esters is 1. The second-order valence-electron chi connectivity index (χ2n) is 12.5. The average molecular weight is 671 g/mol. The first-order chi connectivity index (χ1) is 22.2. The molecule has 6 rings (SSSR count). The van der Waals surface area contributed by atoms with Crippen molar-refractivity contribution in [1.29, 1.82) is 0 Å². The minimum atomic E-state index is -4.68. The zero-order valence-corrected chi connectivity index (χ0v) is 27.7. The van der Waals surface area contributed by atoms with E-state index in [4.69, 9.17) is 9.47 Å². The summed E-state index contributed by atoms with van der Waals surface area (Å²) in [7, 11) is -0.977. The van der Waals surface area contributed by atoms with Gasteiger partial charge in [-0.2, -0.15) is 17.5 Å². The molecule has 3 atom stereocenters. The molecule has 2 aliphatic rings. The number of halogens is 3. The van der Waals surface area contributed by atoms with Crippen LogP contribution < -0.4 is 4.74 Å². The van der Waals surface area contributed by atoms with Gasteiger partial charge >= 0.3 is 12.1 Å². The molecule has 3 aromatic carbocycles. The Labute approximate surface area is 271 Å². The average Bonchev–Trinajstić information content (AvgIpc) is 3.60. The Morgan fingerprint density at radius 3 is 2.62 bits per heavy atom. The van der Waals surface area contributed by atoms with E-state index in [1.807, 2.05) is 38.1 Å². The number of methoxy groups -OCH3 is 1. The van der Waals surface area contributed by atoms with E-state index >= 15 is 0 Å². The molecule has 1 aliphatic carbocycles. The minimum Gasteiger partial charge on any atom is -0.494 e. The number of ether oxygens (including phenoxy) is 2. The third-order valence-corrected chi connectivity index (χ3v) is 11.3. The van der Waals surface area contributed by atoms with E-state index in [0.717, 1.165) is 39.9 Å². The highest BCUT2D eigenvalue weighted by Gasteiger charge is 2.43. The molecule has 2 unspecified atom stereocenters. The van der Waals surface area contributed by atoms with Crippen molar-refractivity contribution in [3.63, 3.8) is 0 Å². The van der Waals surface area contributed by atoms with E-state index in [-0.39, 0.29) is 36.4 Å². The lowest BCUT2D eigenvalue weighted by Gasteiger charge is -2.30. The van der Waals surface area contributed by atoms with Gasteiger partial charge in [0.2, 0.25) is 10.0 Å². The van der Waals surface area contributed by atoms with Gasteiger partial charge in [-0.15, -0.1) is 5.10 Å². The largest absolute Gasteiger partial charge is 0.494 e. The Balaban J connectivity index is 1.48. The fraction of sp³-hybridized carbons (Fsp3) is 0.441. The molecule has 0 fully saturated rings. The molecule has 2 heterocycles. The van der Waals surface area contributed by atoms with Crippen molar-refractivity contribution >= 4 is 27.0 Å². The maximum atomic E-state index is 14.3. The molecular formula is C34H37F3N4O5S. The van der Waals surface area contributed by atoms with Crippen LogP contribution in [0.3, 0.4) is 0 Å². The predicted octanol–water partition coefficient (Wildman–Crippen LogP) is 6.26. The van der Waals surface area contributed by atoms with Gasteiger partial charge in [0, 0.05) is 19.5 Å². The SMILES string of the molecule is CCOC(=O)CC(c1cc(OC)c2c(c1)nnn2C)c1ccc(C)c2c1CCC2N1C[C@@H](C)Cc2ccc(C(F)(F)F)cc2S1(=O)=O. The molecule has 250 valence electrons. The first-order valence-electron chi connectivity index (χ1n) is 15.6. The van der Waals surface area contributed by atoms with Crippen LogP contribution >= 0.6 is 0 Å². The van der Waals surface area contributed by atoms with Crippen molar-refractivity contribution in [2.75, 3.05) is 20.3 Å². The van der Waals surface area contributed by atoms with Crippen molar-refractivity contribution in [2.24, 2.45) is 13.0 Å². The Morgan fingerprint density at radius 2 is 1.91 bits per heavy atom. The lowest BCUT2D eigenvalue weighted by Crippen LogP contribution is -2.36. The highest BCUT2D eigenvalue weighted by molar-refractivity contribution is 7.89. The fourth-order valence-corrected chi connectivity index (χ4v) is 9.32. The molecule has 0 radical (unpaired) electrons. The van der Waals surface area contributed by atoms with Crippen LogP contribution in [0.25, 0.3) is 11.0 Å². The normalized spacial score (nSPS) is 20.0. The zero-order chi connectivity index (χ0) is 33.8. The van der Waals surface area contributed by atoms with Gasteiger partial charge < -0.3 is 9.47 Å². The molecule has 1 aromatic heterocycles. The van der Waals surface area contributed by atoms with Crippen molar-refractivity contribution in [2.45, 2.75) is 69.5 Å². The fourth-order valence-electron chi connectivity index (χ4n) is 7.31. The minimum absolute atomic E-state index is 0.0234. The molecule has 0 spiro atoms. The van der Waals surface area contributed by atoms with E-state index in [2.05, 4.69) is 10.3 Å². The number of carbonyl (C=O) groups is 1. The number of rotatable bonds is 7. The van der Waals surface area contributed by atoms with Gasteiger partial charge in [0.05, 0.1) is 36.6 Å². The van der Waals surface area contributed by atoms with Crippen LogP contribution in [-0.2, 0) is 45.6 Å². The number of aromatic nitrogens is 3. The first kappa shape index (κ1) is 33.0. The second kappa shape index (κ2) is 12.2. The van der Waals surface area contributed by atoms with Crippen molar-refractivity contribution in [1.82, 2.24) is 19.3 Å². The van der Waals surface area contributed by atoms with Crippen LogP contribution in [0.15, 0.2) is 47.4 Å². The molecule has 0 saturated heterocycles. The summed E-state index contributed by atoms with van der Waals surface area (Å²) in [6, 6.07) is 10.1. The number of sulfonamides is 1. The quantitative estimate of drug-likeness (QED) is 0.214. The summed E-state index contributed by atoms with van der Waals surface area (Å²) in [4.78, 5) is 12.7. The third-order valence-electron chi connectivity index (χ3n) is 9.36. The lowest BCUT2D eigenvalue weighted by molar-refractivity contribution is -0.143. The number of nitrogens with zero attached hydrogens (tertiary/aromatic N) is 4. The number of hydrogen-bond acceptors (Lipinski definition) is 7. The van der Waals surface area contributed by atoms with Crippen LogP contribution in [-0.4, -0.2) is 53.9 Å². The molecule has 47 heavy (non-hydrogen) atoms. The maximum Gasteiger partial charge on any atom is 0.416 e. The molecule has 1 aliphatic heterocycles. The van der Waals surface area contributed by atoms with E-state index in [1.165, 1.54) is 10.4 Å². The van der Waals surface area contributed by atoms with Gasteiger partial charge in [-0.1, -0.05) is 30.3 Å². The highest BCUT2D eigenvalue weighted by Crippen LogP contribution is 2.47. The summed E-state index contributed by atoms with van der Waals surface area (Å²) in [6.07, 6.45) is -3.34. The molecule has 0 amide bonds. The summed E-state index contributed by atoms with van der Waals surface area (Å²) in [5, 5.41) is 8.42. The van der Waals surface area contributed by atoms with Gasteiger partial charge in [0.15, 0.2) is 0 Å². The van der Waals surface area contributed by atoms with Gasteiger partial charge in [-0.05, 0) is 96.7 Å². The number of hydrogen-bond donors (Lipinski definition) is 0. The number of benzene rings is 3. The van der Waals surface area contributed by atoms with Crippen molar-refractivity contribution < 1.29 is 35.9 Å². The molecule has 4 aromatic rings. The molecule has 9 nitrogen and oxygen atoms in total. The standard InChI is InChI=1S/C34H37F3N4O5S/c1-6-46-31(42)17-26(22-14-27-33(29(15-22)45-5)40(4)39-38-27)24-10-7-20(3)32-25(24)11-12-28(32)41-18-19(2)13-21-8-9-23(34(35,36)37)16-30(21)47(41,43)44/h7-10,14-16,19,26,28H,6,11-13,17-18H2,1-5H3/t19-,26?,28?/m0/s1. The predicted molar refractivity (Wildman–Crippen MR) is 169 cm³/mol. The number of alkyl halides is 3. The van der Waals surface area contributed by atoms with E-state index in [0.29, 0.717) is 41.6 Å². The molecule has 13 heteroatoms. The first-order valence-corrected chi connectivity index (χ1v) is 17.1. The Morgan fingerprint density at radius 1 is 1.15 bits per heavy atom. The van der Waals surface area contributed by atoms with E-state index in [1.54, 1.807) is 25.8 Å². The lowest BCUT2D eigenvalue weighted by atomic mass is 9.83. The molecule has 0 N–H and O–H groups in total. The number of fused-ring (bicyclic) bond motifs is 3. The van der Waals surface area contributed by atoms with E-state index < -0.39 is 33.7 Å². The summed E-state index contributed by atoms with van der Waals surface area (Å²) >= 11 is 0. The van der Waals surface area contributed by atoms with E-state index in [9.17, 15) is 26.4 Å². The molecular weight excluding hydrogens is 633 g/mol. The third kappa shape index (κ3) is 5.88. The summed E-state index contributed by atoms with van der Waals surface area (Å²) in [6.45, 7) is 5.96. The van der Waals surface area contributed by atoms with Gasteiger partial charge in [0.1, 0.15) is 16.8 Å². The smallest absolute Gasteiger partial charge is 0.416 e. The van der Waals surface area contributed by atoms with Gasteiger partial charge in [0.25, 0.3) is 0 Å². The number of carbonyl (C=O) groups excluding carboxylic acids is 1. The van der Waals surface area contributed by atoms with Crippen molar-refractivity contribution in [3.8, 4) is 5.75 Å². The Bertz CT molecular complexity index is 1970. The maximum absolute atomic E-state index is 14.3. The van der Waals surface area contributed by atoms with Crippen LogP contribution in [0, 0.1) is 12.8 Å². The molecule has 0 saturated carbocycles. The number of aryl methyl sites for hydroxylation is 2. The van der Waals surface area contributed by atoms with Gasteiger partial charge in [-0.25, -0.2) is 13.1 Å². The molecule has 0 bridgehead atoms. The summed E-state index contributed by atoms with van der Waals surface area (Å²) in [5.41, 5.74) is 4.95. The second-order valence-corrected chi connectivity index (χ2v) is 14.3. The van der Waals surface area contributed by atoms with Crippen molar-refractivity contribution in [3.05, 3.63) is 81.4 Å². The summed E-state index contributed by atoms with van der Waals surface area (Å²) in [5.74, 6) is -0.446. The zero-order valence-electron chi connectivity index (χ0n) is 26.9. The Kier molecular flexibility index (Phi) is 8.58. The topological polar surface area (TPSA) is 104 Å². The van der Waals surface area contributed by atoms with Crippen LogP contribution in [0.1, 0.15) is 77.6 Å². The summed E-state index contributed by atoms with van der Waals surface area (Å²) < 4.78 is 83.8. The Hall–Kier alpha value is -3.97. The van der Waals surface area contributed by atoms with Crippen LogP contribution in [0.4, 0.5) is 13.2 Å². The van der Waals surface area contributed by atoms with Crippen LogP contribution in [0.2, 0.25) is 0 Å². The highest BCUT2D eigenvalue weighted by atomic mass is 32.2. The van der Waals surface area contributed by atoms with Gasteiger partial charge in [-0.3, -0.25) is 4.79 Å².